The van der Waals surface area contributed by atoms with Gasteiger partial charge in [0.1, 0.15) is 16.5 Å². The van der Waals surface area contributed by atoms with Gasteiger partial charge in [-0.1, -0.05) is 76.2 Å². The highest BCUT2D eigenvalue weighted by Crippen LogP contribution is 2.40. The number of nitrogens with zero attached hydrogens (tertiary/aromatic N) is 2. The molecule has 48 heavy (non-hydrogen) atoms. The molecule has 0 spiro atoms. The molecule has 3 aromatic carbocycles. The Balaban J connectivity index is 0.00000520. The summed E-state index contributed by atoms with van der Waals surface area (Å²) in [7, 11) is 1.95. The van der Waals surface area contributed by atoms with Crippen LogP contribution in [-0.4, -0.2) is 28.4 Å². The molecule has 0 aliphatic rings. The van der Waals surface area contributed by atoms with Crippen molar-refractivity contribution in [1.29, 1.82) is 0 Å². The minimum absolute atomic E-state index is 0. The van der Waals surface area contributed by atoms with E-state index < -0.39 is 29.0 Å². The molecule has 7 nitrogen and oxygen atoms in total. The Morgan fingerprint density at radius 1 is 0.875 bits per heavy atom. The molecule has 252 valence electrons. The number of benzene rings is 3. The normalized spacial score (nSPS) is 11.3. The fourth-order valence-electron chi connectivity index (χ4n) is 5.14. The third-order valence-corrected chi connectivity index (χ3v) is 9.03. The second-order valence-corrected chi connectivity index (χ2v) is 13.2. The van der Waals surface area contributed by atoms with Gasteiger partial charge in [0.2, 0.25) is 11.3 Å². The van der Waals surface area contributed by atoms with Crippen molar-refractivity contribution in [3.63, 3.8) is 0 Å². The molecule has 5 aromatic rings. The van der Waals surface area contributed by atoms with Gasteiger partial charge in [0.15, 0.2) is 5.75 Å². The lowest BCUT2D eigenvalue weighted by Gasteiger charge is -2.18. The quantitative estimate of drug-likeness (QED) is 0.141. The van der Waals surface area contributed by atoms with Gasteiger partial charge in [0.05, 0.1) is 24.0 Å². The summed E-state index contributed by atoms with van der Waals surface area (Å²) in [6.07, 6.45) is 1.36. The highest BCUT2D eigenvalue weighted by atomic mass is 35.5. The summed E-state index contributed by atoms with van der Waals surface area (Å²) in [6.45, 7) is 7.65. The summed E-state index contributed by atoms with van der Waals surface area (Å²) >= 11 is 1.32. The Hall–Kier alpha value is -4.38. The summed E-state index contributed by atoms with van der Waals surface area (Å²) < 4.78 is 37.0. The number of pyridine rings is 1. The first-order valence-corrected chi connectivity index (χ1v) is 16.2. The van der Waals surface area contributed by atoms with Crippen LogP contribution in [0, 0.1) is 23.5 Å². The van der Waals surface area contributed by atoms with Gasteiger partial charge in [-0.2, -0.15) is 0 Å². The van der Waals surface area contributed by atoms with Crippen LogP contribution in [0.25, 0.3) is 20.7 Å². The highest BCUT2D eigenvalue weighted by Gasteiger charge is 2.25. The third kappa shape index (κ3) is 8.18. The number of hydrogen-bond acceptors (Lipinski definition) is 6. The maximum atomic E-state index is 14.9. The second-order valence-electron chi connectivity index (χ2n) is 12.2. The first-order chi connectivity index (χ1) is 22.4. The number of hydrogen-bond donors (Lipinski definition) is 1. The van der Waals surface area contributed by atoms with E-state index in [1.807, 2.05) is 63.4 Å². The molecule has 0 bridgehead atoms. The van der Waals surface area contributed by atoms with E-state index in [2.05, 4.69) is 10.2 Å². The number of carbonyl (C=O) groups excluding carboxylic acids is 2. The van der Waals surface area contributed by atoms with Crippen molar-refractivity contribution in [3.8, 4) is 16.2 Å². The molecule has 0 atom stereocenters. The SMILES string of the molecule is CC(C)C(=O)Nc1ccc(-c2sc3c(c2CN(C)Cc2ccccc2)c(=O)c(OC(=O)C(C)C)cn3Cc2c(F)cccc2F)cc1.Cl. The van der Waals surface area contributed by atoms with Crippen molar-refractivity contribution < 1.29 is 23.1 Å². The summed E-state index contributed by atoms with van der Waals surface area (Å²) in [5, 5.41) is 3.21. The minimum atomic E-state index is -0.726. The Morgan fingerprint density at radius 3 is 2.12 bits per heavy atom. The molecular formula is C37H38ClF2N3O4S. The maximum absolute atomic E-state index is 14.9. The van der Waals surface area contributed by atoms with Gasteiger partial charge in [-0.3, -0.25) is 19.3 Å². The van der Waals surface area contributed by atoms with Gasteiger partial charge >= 0.3 is 5.97 Å². The molecule has 2 heterocycles. The first-order valence-electron chi connectivity index (χ1n) is 15.4. The van der Waals surface area contributed by atoms with Crippen LogP contribution in [0.5, 0.6) is 5.75 Å². The van der Waals surface area contributed by atoms with E-state index in [0.29, 0.717) is 34.6 Å². The zero-order chi connectivity index (χ0) is 33.8. The lowest BCUT2D eigenvalue weighted by atomic mass is 10.0. The molecule has 0 aliphatic carbocycles. The molecule has 0 saturated carbocycles. The fraction of sp³-hybridized carbons (Fsp3) is 0.270. The van der Waals surface area contributed by atoms with Gasteiger partial charge < -0.3 is 14.6 Å². The smallest absolute Gasteiger partial charge is 0.313 e. The van der Waals surface area contributed by atoms with Crippen LogP contribution in [0.4, 0.5) is 14.5 Å². The molecule has 0 aliphatic heterocycles. The topological polar surface area (TPSA) is 80.6 Å². The molecule has 0 unspecified atom stereocenters. The molecule has 1 N–H and O–H groups in total. The number of rotatable bonds is 11. The third-order valence-electron chi connectivity index (χ3n) is 7.71. The Kier molecular flexibility index (Phi) is 11.9. The van der Waals surface area contributed by atoms with E-state index >= 15 is 0 Å². The monoisotopic (exact) mass is 693 g/mol. The van der Waals surface area contributed by atoms with Gasteiger partial charge in [0, 0.05) is 35.1 Å². The van der Waals surface area contributed by atoms with Gasteiger partial charge in [-0.05, 0) is 48.0 Å². The van der Waals surface area contributed by atoms with Crippen molar-refractivity contribution in [2.75, 3.05) is 12.4 Å². The van der Waals surface area contributed by atoms with Crippen LogP contribution in [-0.2, 0) is 29.2 Å². The van der Waals surface area contributed by atoms with E-state index in [1.165, 1.54) is 35.7 Å². The van der Waals surface area contributed by atoms with Crippen LogP contribution in [0.2, 0.25) is 0 Å². The van der Waals surface area contributed by atoms with Crippen LogP contribution < -0.4 is 15.5 Å². The van der Waals surface area contributed by atoms with Crippen LogP contribution in [0.15, 0.2) is 83.8 Å². The number of nitrogens with one attached hydrogen (secondary N) is 1. The molecule has 0 radical (unpaired) electrons. The molecule has 1 amide bonds. The minimum Gasteiger partial charge on any atom is -0.421 e. The highest BCUT2D eigenvalue weighted by molar-refractivity contribution is 7.22. The fourth-order valence-corrected chi connectivity index (χ4v) is 6.43. The van der Waals surface area contributed by atoms with Crippen molar-refractivity contribution in [3.05, 3.63) is 118 Å². The maximum Gasteiger partial charge on any atom is 0.313 e. The van der Waals surface area contributed by atoms with E-state index in [0.717, 1.165) is 16.0 Å². The molecule has 0 saturated heterocycles. The lowest BCUT2D eigenvalue weighted by Crippen LogP contribution is -2.22. The van der Waals surface area contributed by atoms with Crippen LogP contribution in [0.1, 0.15) is 44.4 Å². The van der Waals surface area contributed by atoms with Gasteiger partial charge in [-0.15, -0.1) is 23.7 Å². The molecular weight excluding hydrogens is 656 g/mol. The van der Waals surface area contributed by atoms with E-state index in [1.54, 1.807) is 30.5 Å². The van der Waals surface area contributed by atoms with E-state index in [-0.39, 0.29) is 42.1 Å². The van der Waals surface area contributed by atoms with E-state index in [9.17, 15) is 23.2 Å². The predicted octanol–water partition coefficient (Wildman–Crippen LogP) is 8.27. The van der Waals surface area contributed by atoms with Crippen molar-refractivity contribution in [2.24, 2.45) is 11.8 Å². The Morgan fingerprint density at radius 2 is 1.52 bits per heavy atom. The molecule has 11 heteroatoms. The summed E-state index contributed by atoms with van der Waals surface area (Å²) in [6, 6.07) is 20.9. The largest absolute Gasteiger partial charge is 0.421 e. The van der Waals surface area contributed by atoms with Gasteiger partial charge in [0.25, 0.3) is 0 Å². The number of carbonyl (C=O) groups is 2. The first kappa shape index (κ1) is 36.5. The number of amides is 1. The average molecular weight is 694 g/mol. The molecule has 2 aromatic heterocycles. The molecule has 0 fully saturated rings. The Bertz CT molecular complexity index is 1960. The summed E-state index contributed by atoms with van der Waals surface area (Å²) in [5.41, 5.74) is 2.54. The van der Waals surface area contributed by atoms with Crippen molar-refractivity contribution in [2.45, 2.75) is 47.3 Å². The molecule has 5 rings (SSSR count). The number of esters is 1. The number of ether oxygens (including phenoxy) is 1. The number of aromatic nitrogens is 1. The standard InChI is InChI=1S/C37H37F2N3O4S.ClH/c1-22(2)35(44)40-26-16-14-25(15-17-26)34-28(19-41(5)18-24-10-7-6-8-11-24)32-33(43)31(46-37(45)23(3)4)21-42(36(32)47-34)20-27-29(38)12-9-13-30(27)39;/h6-17,21-23H,18-20H2,1-5H3,(H,40,44);1H. The zero-order valence-electron chi connectivity index (χ0n) is 27.4. The second kappa shape index (κ2) is 15.7. The summed E-state index contributed by atoms with van der Waals surface area (Å²) in [4.78, 5) is 42.5. The number of halogens is 3. The lowest BCUT2D eigenvalue weighted by molar-refractivity contribution is -0.137. The summed E-state index contributed by atoms with van der Waals surface area (Å²) in [5.74, 6) is -3.06. The van der Waals surface area contributed by atoms with E-state index in [4.69, 9.17) is 4.74 Å². The van der Waals surface area contributed by atoms with Crippen molar-refractivity contribution >= 4 is 51.5 Å². The van der Waals surface area contributed by atoms with Crippen LogP contribution >= 0.6 is 23.7 Å². The zero-order valence-corrected chi connectivity index (χ0v) is 29.0. The predicted molar refractivity (Wildman–Crippen MR) is 190 cm³/mol. The number of thiophene rings is 1. The number of fused-ring (bicyclic) bond motifs is 1. The van der Waals surface area contributed by atoms with Crippen LogP contribution in [0.3, 0.4) is 0 Å². The Labute approximate surface area is 288 Å². The van der Waals surface area contributed by atoms with Gasteiger partial charge in [-0.25, -0.2) is 8.78 Å². The average Bonchev–Trinajstić information content (AvgIpc) is 3.41. The van der Waals surface area contributed by atoms with Crippen molar-refractivity contribution in [1.82, 2.24) is 9.47 Å². The number of anilines is 1.